The van der Waals surface area contributed by atoms with Gasteiger partial charge < -0.3 is 28.8 Å². The van der Waals surface area contributed by atoms with Crippen LogP contribution in [0.2, 0.25) is 0 Å². The number of methoxy groups -OCH3 is 1. The number of rotatable bonds is 10. The molecule has 0 atom stereocenters. The fourth-order valence-electron chi connectivity index (χ4n) is 3.29. The number of nitrogens with zero attached hydrogens (tertiary/aromatic N) is 6. The number of carbonyl (C=O) groups excluding carboxylic acids is 1. The van der Waals surface area contributed by atoms with E-state index in [0.29, 0.717) is 48.8 Å². The third-order valence-corrected chi connectivity index (χ3v) is 5.19. The summed E-state index contributed by atoms with van der Waals surface area (Å²) in [7, 11) is 3.41. The number of aryl methyl sites for hydroxylation is 1. The molecule has 34 heavy (non-hydrogen) atoms. The Labute approximate surface area is 196 Å². The van der Waals surface area contributed by atoms with Gasteiger partial charge in [-0.05, 0) is 18.8 Å². The Bertz CT molecular complexity index is 1080. The largest absolute Gasteiger partial charge is 0.477 e. The Morgan fingerprint density at radius 1 is 1.15 bits per heavy atom. The van der Waals surface area contributed by atoms with Gasteiger partial charge >= 0.3 is 6.01 Å². The summed E-state index contributed by atoms with van der Waals surface area (Å²) >= 11 is 0. The predicted molar refractivity (Wildman–Crippen MR) is 121 cm³/mol. The fourth-order valence-corrected chi connectivity index (χ4v) is 3.29. The maximum atomic E-state index is 13.0. The van der Waals surface area contributed by atoms with E-state index in [2.05, 4.69) is 30.2 Å². The van der Waals surface area contributed by atoms with Gasteiger partial charge in [0.05, 0.1) is 43.8 Å². The highest BCUT2D eigenvalue weighted by atomic mass is 16.5. The van der Waals surface area contributed by atoms with Gasteiger partial charge in [0.1, 0.15) is 18.0 Å². The third-order valence-electron chi connectivity index (χ3n) is 5.19. The molecule has 180 valence electrons. The second-order valence-electron chi connectivity index (χ2n) is 7.72. The molecule has 0 spiro atoms. The number of nitrogens with one attached hydrogen (secondary N) is 1. The third kappa shape index (κ3) is 6.23. The molecule has 12 heteroatoms. The topological polar surface area (TPSA) is 135 Å². The first-order valence-corrected chi connectivity index (χ1v) is 10.9. The fraction of sp³-hybridized carbons (Fsp3) is 0.455. The summed E-state index contributed by atoms with van der Waals surface area (Å²) in [5, 5.41) is 2.74. The normalized spacial score (nSPS) is 14.1. The summed E-state index contributed by atoms with van der Waals surface area (Å²) in [6.45, 7) is 2.70. The molecule has 12 nitrogen and oxygen atoms in total. The van der Waals surface area contributed by atoms with Gasteiger partial charge in [0.25, 0.3) is 5.91 Å². The molecule has 1 amide bonds. The summed E-state index contributed by atoms with van der Waals surface area (Å²) < 4.78 is 23.4. The van der Waals surface area contributed by atoms with E-state index in [1.807, 2.05) is 7.05 Å². The van der Waals surface area contributed by atoms with Crippen molar-refractivity contribution in [1.82, 2.24) is 29.5 Å². The van der Waals surface area contributed by atoms with E-state index in [1.54, 1.807) is 24.2 Å². The molecular formula is C22H27N7O5. The minimum Gasteiger partial charge on any atom is -0.477 e. The zero-order chi connectivity index (χ0) is 23.8. The highest BCUT2D eigenvalue weighted by molar-refractivity contribution is 6.03. The minimum absolute atomic E-state index is 0.147. The van der Waals surface area contributed by atoms with Gasteiger partial charge in [-0.15, -0.1) is 0 Å². The van der Waals surface area contributed by atoms with Gasteiger partial charge in [-0.2, -0.15) is 4.98 Å². The Hall–Kier alpha value is -3.64. The standard InChI is InChI=1S/C22H27N7O5/c1-29-14-23-12-18(29)20-27-17(9-19(28-20)34-13-15-3-5-32-6-4-15)21(30)26-16-10-24-22(25-11-16)33-8-7-31-2/h9-12,14-15H,3-8,13H2,1-2H3,(H,26,30). The quantitative estimate of drug-likeness (QED) is 0.437. The van der Waals surface area contributed by atoms with E-state index in [4.69, 9.17) is 18.9 Å². The number of aromatic nitrogens is 6. The molecule has 1 saturated heterocycles. The van der Waals surface area contributed by atoms with Gasteiger partial charge in [0, 0.05) is 33.4 Å². The number of ether oxygens (including phenoxy) is 4. The van der Waals surface area contributed by atoms with E-state index < -0.39 is 5.91 Å². The second-order valence-corrected chi connectivity index (χ2v) is 7.72. The van der Waals surface area contributed by atoms with Crippen molar-refractivity contribution in [3.8, 4) is 23.4 Å². The minimum atomic E-state index is -0.446. The first kappa shape index (κ1) is 23.5. The predicted octanol–water partition coefficient (Wildman–Crippen LogP) is 1.75. The van der Waals surface area contributed by atoms with Crippen molar-refractivity contribution in [2.24, 2.45) is 13.0 Å². The van der Waals surface area contributed by atoms with E-state index in [0.717, 1.165) is 26.1 Å². The van der Waals surface area contributed by atoms with Crippen LogP contribution in [-0.4, -0.2) is 75.5 Å². The van der Waals surface area contributed by atoms with Crippen LogP contribution >= 0.6 is 0 Å². The number of anilines is 1. The molecule has 3 aromatic heterocycles. The number of imidazole rings is 1. The van der Waals surface area contributed by atoms with Gasteiger partial charge in [-0.1, -0.05) is 0 Å². The van der Waals surface area contributed by atoms with Crippen molar-refractivity contribution in [3.05, 3.63) is 36.7 Å². The SMILES string of the molecule is COCCOc1ncc(NC(=O)c2cc(OCC3CCOCC3)nc(-c3cncn3C)n2)cn1. The van der Waals surface area contributed by atoms with Crippen molar-refractivity contribution < 1.29 is 23.7 Å². The van der Waals surface area contributed by atoms with Crippen molar-refractivity contribution in [2.45, 2.75) is 12.8 Å². The lowest BCUT2D eigenvalue weighted by Crippen LogP contribution is -2.22. The van der Waals surface area contributed by atoms with Crippen molar-refractivity contribution in [2.75, 3.05) is 45.5 Å². The molecule has 1 aliphatic rings. The molecule has 0 bridgehead atoms. The van der Waals surface area contributed by atoms with Crippen LogP contribution in [0.25, 0.3) is 11.5 Å². The van der Waals surface area contributed by atoms with Crippen molar-refractivity contribution >= 4 is 11.6 Å². The highest BCUT2D eigenvalue weighted by Crippen LogP contribution is 2.22. The molecule has 0 radical (unpaired) electrons. The first-order valence-electron chi connectivity index (χ1n) is 10.9. The van der Waals surface area contributed by atoms with Crippen molar-refractivity contribution in [1.29, 1.82) is 0 Å². The van der Waals surface area contributed by atoms with Crippen LogP contribution in [0.5, 0.6) is 11.9 Å². The molecule has 1 N–H and O–H groups in total. The molecule has 4 rings (SSSR count). The maximum Gasteiger partial charge on any atom is 0.316 e. The van der Waals surface area contributed by atoms with E-state index in [-0.39, 0.29) is 11.7 Å². The Morgan fingerprint density at radius 2 is 1.94 bits per heavy atom. The van der Waals surface area contributed by atoms with E-state index in [1.165, 1.54) is 18.5 Å². The van der Waals surface area contributed by atoms with E-state index >= 15 is 0 Å². The summed E-state index contributed by atoms with van der Waals surface area (Å²) in [5.74, 6) is 0.593. The van der Waals surface area contributed by atoms with E-state index in [9.17, 15) is 4.79 Å². The molecule has 0 saturated carbocycles. The molecule has 1 aliphatic heterocycles. The van der Waals surface area contributed by atoms with Gasteiger partial charge in [0.15, 0.2) is 5.82 Å². The van der Waals surface area contributed by atoms with Crippen LogP contribution in [0.15, 0.2) is 31.0 Å². The van der Waals surface area contributed by atoms with Crippen LogP contribution in [0, 0.1) is 5.92 Å². The van der Waals surface area contributed by atoms with Crippen LogP contribution in [0.1, 0.15) is 23.3 Å². The average molecular weight is 470 g/mol. The monoisotopic (exact) mass is 469 g/mol. The first-order chi connectivity index (χ1) is 16.6. The van der Waals surface area contributed by atoms with Crippen LogP contribution in [0.3, 0.4) is 0 Å². The number of hydrogen-bond acceptors (Lipinski definition) is 10. The van der Waals surface area contributed by atoms with Gasteiger partial charge in [-0.3, -0.25) is 4.79 Å². The summed E-state index contributed by atoms with van der Waals surface area (Å²) in [4.78, 5) is 34.2. The molecule has 3 aromatic rings. The van der Waals surface area contributed by atoms with Crippen molar-refractivity contribution in [3.63, 3.8) is 0 Å². The number of hydrogen-bond donors (Lipinski definition) is 1. The molecule has 1 fully saturated rings. The molecular weight excluding hydrogens is 442 g/mol. The number of amides is 1. The zero-order valence-corrected chi connectivity index (χ0v) is 19.1. The molecule has 0 aliphatic carbocycles. The summed E-state index contributed by atoms with van der Waals surface area (Å²) in [6.07, 6.45) is 8.05. The lowest BCUT2D eigenvalue weighted by atomic mass is 10.0. The average Bonchev–Trinajstić information content (AvgIpc) is 3.30. The van der Waals surface area contributed by atoms with Crippen LogP contribution in [-0.2, 0) is 16.5 Å². The summed E-state index contributed by atoms with van der Waals surface area (Å²) in [5.41, 5.74) is 1.20. The Morgan fingerprint density at radius 3 is 2.65 bits per heavy atom. The smallest absolute Gasteiger partial charge is 0.316 e. The number of carbonyl (C=O) groups is 1. The lowest BCUT2D eigenvalue weighted by molar-refractivity contribution is 0.0490. The summed E-state index contributed by atoms with van der Waals surface area (Å²) in [6, 6.07) is 1.72. The second kappa shape index (κ2) is 11.5. The maximum absolute atomic E-state index is 13.0. The lowest BCUT2D eigenvalue weighted by Gasteiger charge is -2.21. The van der Waals surface area contributed by atoms with Crippen LogP contribution < -0.4 is 14.8 Å². The highest BCUT2D eigenvalue weighted by Gasteiger charge is 2.19. The van der Waals surface area contributed by atoms with Gasteiger partial charge in [0.2, 0.25) is 5.88 Å². The molecule has 0 unspecified atom stereocenters. The Balaban J connectivity index is 1.49. The molecule has 4 heterocycles. The Kier molecular flexibility index (Phi) is 7.94. The zero-order valence-electron chi connectivity index (χ0n) is 19.1. The van der Waals surface area contributed by atoms with Crippen LogP contribution in [0.4, 0.5) is 5.69 Å². The van der Waals surface area contributed by atoms with Gasteiger partial charge in [-0.25, -0.2) is 19.9 Å². The molecule has 0 aromatic carbocycles.